The Hall–Kier alpha value is -2.06. The summed E-state index contributed by atoms with van der Waals surface area (Å²) in [4.78, 5) is 16.4. The lowest BCUT2D eigenvalue weighted by Gasteiger charge is -2.31. The number of nitrogens with zero attached hydrogens (tertiary/aromatic N) is 5. The number of quaternary nitrogens is 1. The fraction of sp³-hybridized carbons (Fsp3) is 0.600. The molecule has 1 aromatic carbocycles. The first-order valence-electron chi connectivity index (χ1n) is 10.4. The number of carbonyl (C=O) groups excluding carboxylic acids is 1. The van der Waals surface area contributed by atoms with Gasteiger partial charge in [0.05, 0.1) is 18.8 Å². The molecule has 0 unspecified atom stereocenters. The van der Waals surface area contributed by atoms with Gasteiger partial charge in [-0.3, -0.25) is 4.79 Å². The van der Waals surface area contributed by atoms with E-state index in [0.717, 1.165) is 57.5 Å². The van der Waals surface area contributed by atoms with Crippen LogP contribution in [0.15, 0.2) is 30.3 Å². The lowest BCUT2D eigenvalue weighted by atomic mass is 9.95. The SMILES string of the molecule is O=C(C1CC[NH+](Cn2nnn(-c3ccccc3)c2=S)CC1)N1CCCCCC1. The van der Waals surface area contributed by atoms with Crippen molar-refractivity contribution >= 4 is 18.1 Å². The summed E-state index contributed by atoms with van der Waals surface area (Å²) < 4.78 is 4.11. The molecule has 150 valence electrons. The number of para-hydroxylation sites is 1. The molecule has 0 bridgehead atoms. The maximum Gasteiger partial charge on any atom is 0.226 e. The van der Waals surface area contributed by atoms with Crippen molar-refractivity contribution in [2.75, 3.05) is 26.2 Å². The number of piperidine rings is 1. The van der Waals surface area contributed by atoms with E-state index >= 15 is 0 Å². The third kappa shape index (κ3) is 4.33. The largest absolute Gasteiger partial charge is 0.342 e. The number of amides is 1. The average molecular weight is 402 g/mol. The molecule has 7 nitrogen and oxygen atoms in total. The Kier molecular flexibility index (Phi) is 6.17. The third-order valence-corrected chi connectivity index (χ3v) is 6.36. The molecule has 0 saturated carbocycles. The van der Waals surface area contributed by atoms with Gasteiger partial charge in [-0.1, -0.05) is 31.0 Å². The molecule has 8 heteroatoms. The molecule has 0 aliphatic carbocycles. The normalized spacial score (nSPS) is 23.4. The molecule has 1 N–H and O–H groups in total. The molecule has 3 heterocycles. The van der Waals surface area contributed by atoms with Gasteiger partial charge in [-0.15, -0.1) is 0 Å². The van der Waals surface area contributed by atoms with Gasteiger partial charge in [0, 0.05) is 31.8 Å². The second kappa shape index (κ2) is 8.96. The van der Waals surface area contributed by atoms with Crippen LogP contribution < -0.4 is 4.90 Å². The smallest absolute Gasteiger partial charge is 0.226 e. The molecule has 1 amide bonds. The molecule has 28 heavy (non-hydrogen) atoms. The van der Waals surface area contributed by atoms with E-state index in [4.69, 9.17) is 12.2 Å². The highest BCUT2D eigenvalue weighted by Gasteiger charge is 2.31. The Bertz CT molecular complexity index is 832. The van der Waals surface area contributed by atoms with Gasteiger partial charge >= 0.3 is 0 Å². The Morgan fingerprint density at radius 1 is 1.04 bits per heavy atom. The number of rotatable bonds is 4. The van der Waals surface area contributed by atoms with Gasteiger partial charge in [0.25, 0.3) is 0 Å². The van der Waals surface area contributed by atoms with Crippen LogP contribution in [0.25, 0.3) is 5.69 Å². The molecule has 4 rings (SSSR count). The minimum atomic E-state index is 0.190. The summed E-state index contributed by atoms with van der Waals surface area (Å²) >= 11 is 5.57. The summed E-state index contributed by atoms with van der Waals surface area (Å²) in [7, 11) is 0. The predicted molar refractivity (Wildman–Crippen MR) is 109 cm³/mol. The molecule has 2 aromatic rings. The maximum atomic E-state index is 12.9. The second-order valence-electron chi connectivity index (χ2n) is 7.93. The standard InChI is InChI=1S/C20H28N6OS/c27-19(24-12-6-1-2-7-13-24)17-10-14-23(15-11-17)16-25-20(28)26(22-21-25)18-8-4-3-5-9-18/h3-5,8-9,17H,1-2,6-7,10-16H2/p+1. The number of aromatic nitrogens is 4. The molecule has 1 aromatic heterocycles. The highest BCUT2D eigenvalue weighted by molar-refractivity contribution is 7.71. The zero-order valence-electron chi connectivity index (χ0n) is 16.3. The summed E-state index contributed by atoms with van der Waals surface area (Å²) in [5.41, 5.74) is 0.926. The van der Waals surface area contributed by atoms with Crippen molar-refractivity contribution in [1.29, 1.82) is 0 Å². The molecule has 0 spiro atoms. The van der Waals surface area contributed by atoms with Gasteiger partial charge in [0.1, 0.15) is 0 Å². The van der Waals surface area contributed by atoms with Crippen LogP contribution in [0.3, 0.4) is 0 Å². The first-order chi connectivity index (χ1) is 13.7. The first kappa shape index (κ1) is 19.3. The number of carbonyl (C=O) groups is 1. The number of hydrogen-bond acceptors (Lipinski definition) is 4. The van der Waals surface area contributed by atoms with Crippen LogP contribution in [0, 0.1) is 10.7 Å². The molecular weight excluding hydrogens is 372 g/mol. The average Bonchev–Trinajstić information content (AvgIpc) is 2.94. The topological polar surface area (TPSA) is 60.4 Å². The van der Waals surface area contributed by atoms with E-state index in [9.17, 15) is 4.79 Å². The predicted octanol–water partition coefficient (Wildman–Crippen LogP) is 1.45. The molecule has 2 saturated heterocycles. The molecule has 2 aliphatic heterocycles. The van der Waals surface area contributed by atoms with Crippen LogP contribution in [0.4, 0.5) is 0 Å². The van der Waals surface area contributed by atoms with E-state index in [1.807, 2.05) is 30.3 Å². The Morgan fingerprint density at radius 2 is 1.71 bits per heavy atom. The van der Waals surface area contributed by atoms with Crippen molar-refractivity contribution in [3.63, 3.8) is 0 Å². The summed E-state index contributed by atoms with van der Waals surface area (Å²) in [5.74, 6) is 0.572. The van der Waals surface area contributed by atoms with Gasteiger partial charge in [0.15, 0.2) is 6.67 Å². The Morgan fingerprint density at radius 3 is 2.39 bits per heavy atom. The van der Waals surface area contributed by atoms with E-state index in [1.165, 1.54) is 17.7 Å². The summed E-state index contributed by atoms with van der Waals surface area (Å²) in [6.07, 6.45) is 6.74. The van der Waals surface area contributed by atoms with Gasteiger partial charge < -0.3 is 9.80 Å². The molecule has 0 atom stereocenters. The summed E-state index contributed by atoms with van der Waals surface area (Å²) in [6.45, 7) is 4.55. The number of hydrogen-bond donors (Lipinski definition) is 1. The van der Waals surface area contributed by atoms with Crippen LogP contribution in [-0.2, 0) is 11.5 Å². The van der Waals surface area contributed by atoms with Crippen molar-refractivity contribution in [3.8, 4) is 5.69 Å². The van der Waals surface area contributed by atoms with Crippen LogP contribution in [0.1, 0.15) is 38.5 Å². The highest BCUT2D eigenvalue weighted by Crippen LogP contribution is 2.17. The number of nitrogens with one attached hydrogen (secondary N) is 1. The van der Waals surface area contributed by atoms with E-state index in [-0.39, 0.29) is 5.92 Å². The summed E-state index contributed by atoms with van der Waals surface area (Å²) in [5, 5.41) is 8.47. The van der Waals surface area contributed by atoms with Crippen LogP contribution in [0.5, 0.6) is 0 Å². The maximum absolute atomic E-state index is 12.9. The van der Waals surface area contributed by atoms with Crippen LogP contribution in [0.2, 0.25) is 0 Å². The van der Waals surface area contributed by atoms with E-state index < -0.39 is 0 Å². The van der Waals surface area contributed by atoms with Crippen LogP contribution in [-0.4, -0.2) is 56.8 Å². The minimum absolute atomic E-state index is 0.190. The van der Waals surface area contributed by atoms with E-state index in [2.05, 4.69) is 15.3 Å². The summed E-state index contributed by atoms with van der Waals surface area (Å²) in [6, 6.07) is 9.85. The third-order valence-electron chi connectivity index (χ3n) is 5.97. The van der Waals surface area contributed by atoms with Crippen molar-refractivity contribution in [2.24, 2.45) is 5.92 Å². The number of likely N-dealkylation sites (tertiary alicyclic amines) is 2. The van der Waals surface area contributed by atoms with Crippen molar-refractivity contribution in [2.45, 2.75) is 45.2 Å². The van der Waals surface area contributed by atoms with Gasteiger partial charge in [-0.05, 0) is 47.6 Å². The number of tetrazole rings is 1. The quantitative estimate of drug-likeness (QED) is 0.788. The van der Waals surface area contributed by atoms with Crippen molar-refractivity contribution in [3.05, 3.63) is 35.1 Å². The zero-order chi connectivity index (χ0) is 19.3. The van der Waals surface area contributed by atoms with Crippen LogP contribution >= 0.6 is 12.2 Å². The molecular formula is C20H29N6OS+. The lowest BCUT2D eigenvalue weighted by molar-refractivity contribution is -0.929. The first-order valence-corrected chi connectivity index (χ1v) is 10.8. The van der Waals surface area contributed by atoms with Crippen molar-refractivity contribution in [1.82, 2.24) is 24.7 Å². The van der Waals surface area contributed by atoms with Gasteiger partial charge in [-0.25, -0.2) is 0 Å². The molecule has 2 aliphatic rings. The van der Waals surface area contributed by atoms with Gasteiger partial charge in [-0.2, -0.15) is 9.36 Å². The minimum Gasteiger partial charge on any atom is -0.342 e. The lowest BCUT2D eigenvalue weighted by Crippen LogP contribution is -3.12. The van der Waals surface area contributed by atoms with E-state index in [1.54, 1.807) is 9.36 Å². The Balaban J connectivity index is 1.33. The second-order valence-corrected chi connectivity index (χ2v) is 8.30. The fourth-order valence-electron chi connectivity index (χ4n) is 4.30. The Labute approximate surface area is 170 Å². The highest BCUT2D eigenvalue weighted by atomic mass is 32.1. The van der Waals surface area contributed by atoms with Gasteiger partial charge in [0.2, 0.25) is 10.7 Å². The monoisotopic (exact) mass is 401 g/mol. The molecule has 2 fully saturated rings. The zero-order valence-corrected chi connectivity index (χ0v) is 17.1. The van der Waals surface area contributed by atoms with Crippen molar-refractivity contribution < 1.29 is 9.69 Å². The fourth-order valence-corrected chi connectivity index (χ4v) is 4.54. The number of benzene rings is 1. The molecule has 0 radical (unpaired) electrons. The van der Waals surface area contributed by atoms with E-state index in [0.29, 0.717) is 17.3 Å².